The van der Waals surface area contributed by atoms with Crippen LogP contribution in [-0.4, -0.2) is 15.8 Å². The van der Waals surface area contributed by atoms with Crippen molar-refractivity contribution in [3.8, 4) is 11.3 Å². The average Bonchev–Trinajstić information content (AvgIpc) is 3.31. The maximum Gasteiger partial charge on any atom is 0.271 e. The van der Waals surface area contributed by atoms with E-state index in [1.165, 1.54) is 29.7 Å². The summed E-state index contributed by atoms with van der Waals surface area (Å²) >= 11 is 0. The summed E-state index contributed by atoms with van der Waals surface area (Å²) < 4.78 is 14.5. The molecule has 3 rings (SSSR count). The van der Waals surface area contributed by atoms with Gasteiger partial charge in [-0.1, -0.05) is 0 Å². The third kappa shape index (κ3) is 3.19. The van der Waals surface area contributed by atoms with Crippen molar-refractivity contribution in [1.82, 2.24) is 15.1 Å². The first-order valence-corrected chi connectivity index (χ1v) is 7.27. The molecule has 1 heterocycles. The fourth-order valence-electron chi connectivity index (χ4n) is 2.24. The molecule has 21 heavy (non-hydrogen) atoms. The third-order valence-electron chi connectivity index (χ3n) is 3.65. The van der Waals surface area contributed by atoms with Crippen LogP contribution in [0.1, 0.15) is 25.3 Å². The second kappa shape index (κ2) is 5.77. The van der Waals surface area contributed by atoms with Crippen LogP contribution in [0.5, 0.6) is 0 Å². The van der Waals surface area contributed by atoms with Crippen LogP contribution >= 0.6 is 0 Å². The molecule has 2 aromatic rings. The van der Waals surface area contributed by atoms with Gasteiger partial charge in [-0.05, 0) is 50.1 Å². The van der Waals surface area contributed by atoms with Crippen LogP contribution in [0.4, 0.5) is 4.39 Å². The Morgan fingerprint density at radius 2 is 2.05 bits per heavy atom. The smallest absolute Gasteiger partial charge is 0.271 e. The Bertz CT molecular complexity index is 690. The minimum Gasteiger partial charge on any atom is -0.310 e. The van der Waals surface area contributed by atoms with Crippen LogP contribution in [0.15, 0.2) is 35.1 Å². The lowest BCUT2D eigenvalue weighted by Gasteiger charge is -2.10. The highest BCUT2D eigenvalue weighted by Crippen LogP contribution is 2.20. The topological polar surface area (TPSA) is 46.9 Å². The number of hydrogen-bond acceptors (Lipinski definition) is 3. The summed E-state index contributed by atoms with van der Waals surface area (Å²) in [5, 5.41) is 7.70. The summed E-state index contributed by atoms with van der Waals surface area (Å²) in [7, 11) is 0. The van der Waals surface area contributed by atoms with Crippen molar-refractivity contribution in [3.05, 3.63) is 52.1 Å². The number of benzene rings is 1. The zero-order valence-corrected chi connectivity index (χ0v) is 12.0. The van der Waals surface area contributed by atoms with Gasteiger partial charge in [0.25, 0.3) is 5.56 Å². The Labute approximate surface area is 122 Å². The van der Waals surface area contributed by atoms with E-state index in [1.807, 2.05) is 6.92 Å². The molecule has 5 heteroatoms. The number of nitrogens with one attached hydrogen (secondary N) is 1. The second-order valence-corrected chi connectivity index (χ2v) is 5.34. The van der Waals surface area contributed by atoms with E-state index in [0.717, 1.165) is 5.56 Å². The van der Waals surface area contributed by atoms with E-state index < -0.39 is 0 Å². The molecule has 0 atom stereocenters. The van der Waals surface area contributed by atoms with Gasteiger partial charge in [0.05, 0.1) is 5.69 Å². The van der Waals surface area contributed by atoms with E-state index in [-0.39, 0.29) is 11.4 Å². The summed E-state index contributed by atoms with van der Waals surface area (Å²) in [6, 6.07) is 8.51. The van der Waals surface area contributed by atoms with Gasteiger partial charge >= 0.3 is 0 Å². The largest absolute Gasteiger partial charge is 0.310 e. The van der Waals surface area contributed by atoms with E-state index in [0.29, 0.717) is 30.4 Å². The zero-order chi connectivity index (χ0) is 14.8. The minimum atomic E-state index is -0.279. The molecule has 0 spiro atoms. The molecule has 4 nitrogen and oxygen atoms in total. The lowest BCUT2D eigenvalue weighted by Crippen LogP contribution is -2.29. The number of aromatic nitrogens is 2. The molecule has 1 N–H and O–H groups in total. The fourth-order valence-corrected chi connectivity index (χ4v) is 2.24. The summed E-state index contributed by atoms with van der Waals surface area (Å²) in [5.41, 5.74) is 2.16. The van der Waals surface area contributed by atoms with E-state index in [9.17, 15) is 9.18 Å². The summed E-state index contributed by atoms with van der Waals surface area (Å²) in [4.78, 5) is 12.3. The molecule has 0 bridgehead atoms. The fraction of sp³-hybridized carbons (Fsp3) is 0.375. The number of aryl methyl sites for hydroxylation is 1. The van der Waals surface area contributed by atoms with Gasteiger partial charge in [-0.15, -0.1) is 0 Å². The molecule has 1 aliphatic rings. The predicted molar refractivity (Wildman–Crippen MR) is 79.4 cm³/mol. The predicted octanol–water partition coefficient (Wildman–Crippen LogP) is 2.32. The number of rotatable bonds is 5. The lowest BCUT2D eigenvalue weighted by atomic mass is 10.1. The lowest BCUT2D eigenvalue weighted by molar-refractivity contribution is 0.596. The van der Waals surface area contributed by atoms with E-state index in [1.54, 1.807) is 18.2 Å². The van der Waals surface area contributed by atoms with Crippen molar-refractivity contribution < 1.29 is 4.39 Å². The summed E-state index contributed by atoms with van der Waals surface area (Å²) in [6.07, 6.45) is 2.36. The molecule has 1 saturated carbocycles. The Hall–Kier alpha value is -2.01. The molecule has 110 valence electrons. The van der Waals surface area contributed by atoms with E-state index in [2.05, 4.69) is 10.4 Å². The van der Waals surface area contributed by atoms with Crippen molar-refractivity contribution in [2.75, 3.05) is 0 Å². The number of nitrogens with zero attached hydrogens (tertiary/aromatic N) is 2. The van der Waals surface area contributed by atoms with Crippen LogP contribution < -0.4 is 10.9 Å². The molecule has 0 aliphatic heterocycles. The third-order valence-corrected chi connectivity index (χ3v) is 3.65. The first-order valence-electron chi connectivity index (χ1n) is 7.27. The van der Waals surface area contributed by atoms with Crippen LogP contribution in [0, 0.1) is 5.82 Å². The maximum absolute atomic E-state index is 13.0. The second-order valence-electron chi connectivity index (χ2n) is 5.34. The normalized spacial score (nSPS) is 14.4. The van der Waals surface area contributed by atoms with Gasteiger partial charge in [-0.2, -0.15) is 5.10 Å². The number of halogens is 1. The molecule has 1 aromatic carbocycles. The highest BCUT2D eigenvalue weighted by atomic mass is 19.1. The summed E-state index contributed by atoms with van der Waals surface area (Å²) in [5.74, 6) is -0.279. The van der Waals surface area contributed by atoms with E-state index in [4.69, 9.17) is 0 Å². The van der Waals surface area contributed by atoms with Gasteiger partial charge in [0, 0.05) is 30.3 Å². The summed E-state index contributed by atoms with van der Waals surface area (Å²) in [6.45, 7) is 2.96. The standard InChI is InChI=1S/C16H18FN3O/c1-2-20-16(21)12(10-18-14-7-8-14)9-15(19-20)11-3-5-13(17)6-4-11/h3-6,9,14,18H,2,7-8,10H2,1H3. The Morgan fingerprint density at radius 1 is 1.33 bits per heavy atom. The Balaban J connectivity index is 1.97. The van der Waals surface area contributed by atoms with Crippen molar-refractivity contribution in [1.29, 1.82) is 0 Å². The van der Waals surface area contributed by atoms with Crippen LogP contribution in [-0.2, 0) is 13.1 Å². The number of hydrogen-bond donors (Lipinski definition) is 1. The molecule has 0 saturated heterocycles. The molecule has 1 aliphatic carbocycles. The van der Waals surface area contributed by atoms with Crippen molar-refractivity contribution in [2.45, 2.75) is 38.9 Å². The molecular formula is C16H18FN3O. The minimum absolute atomic E-state index is 0.0588. The average molecular weight is 287 g/mol. The van der Waals surface area contributed by atoms with Gasteiger partial charge in [-0.25, -0.2) is 9.07 Å². The molecule has 0 unspecified atom stereocenters. The Morgan fingerprint density at radius 3 is 2.67 bits per heavy atom. The van der Waals surface area contributed by atoms with Crippen LogP contribution in [0.2, 0.25) is 0 Å². The highest BCUT2D eigenvalue weighted by Gasteiger charge is 2.21. The maximum atomic E-state index is 13.0. The van der Waals surface area contributed by atoms with Gasteiger partial charge in [0.2, 0.25) is 0 Å². The molecule has 1 aromatic heterocycles. The first-order chi connectivity index (χ1) is 10.2. The van der Waals surface area contributed by atoms with Crippen molar-refractivity contribution in [3.63, 3.8) is 0 Å². The highest BCUT2D eigenvalue weighted by molar-refractivity contribution is 5.58. The first kappa shape index (κ1) is 13.9. The SMILES string of the molecule is CCn1nc(-c2ccc(F)cc2)cc(CNC2CC2)c1=O. The van der Waals surface area contributed by atoms with Gasteiger partial charge in [0.15, 0.2) is 0 Å². The molecular weight excluding hydrogens is 269 g/mol. The van der Waals surface area contributed by atoms with Gasteiger partial charge in [0.1, 0.15) is 5.82 Å². The van der Waals surface area contributed by atoms with Gasteiger partial charge in [-0.3, -0.25) is 4.79 Å². The molecule has 0 radical (unpaired) electrons. The van der Waals surface area contributed by atoms with Crippen LogP contribution in [0.3, 0.4) is 0 Å². The monoisotopic (exact) mass is 287 g/mol. The Kier molecular flexibility index (Phi) is 3.84. The van der Waals surface area contributed by atoms with Gasteiger partial charge < -0.3 is 5.32 Å². The van der Waals surface area contributed by atoms with Crippen molar-refractivity contribution in [2.24, 2.45) is 0 Å². The van der Waals surface area contributed by atoms with E-state index >= 15 is 0 Å². The molecule has 1 fully saturated rings. The quantitative estimate of drug-likeness (QED) is 0.918. The molecule has 0 amide bonds. The zero-order valence-electron chi connectivity index (χ0n) is 12.0. The van der Waals surface area contributed by atoms with Crippen molar-refractivity contribution >= 4 is 0 Å². The van der Waals surface area contributed by atoms with Crippen LogP contribution in [0.25, 0.3) is 11.3 Å².